The van der Waals surface area contributed by atoms with E-state index in [0.717, 1.165) is 31.5 Å². The highest BCUT2D eigenvalue weighted by Gasteiger charge is 2.54. The van der Waals surface area contributed by atoms with Gasteiger partial charge in [-0.25, -0.2) is 0 Å². The van der Waals surface area contributed by atoms with Gasteiger partial charge in [-0.15, -0.1) is 0 Å². The summed E-state index contributed by atoms with van der Waals surface area (Å²) >= 11 is 0. The fourth-order valence-electron chi connectivity index (χ4n) is 3.26. The molecule has 2 aliphatic rings. The zero-order valence-electron chi connectivity index (χ0n) is 9.21. The maximum Gasteiger partial charge on any atom is 0.0105 e. The predicted octanol–water partition coefficient (Wildman–Crippen LogP) is 0.252. The van der Waals surface area contributed by atoms with Crippen molar-refractivity contribution >= 4 is 0 Å². The third-order valence-electron chi connectivity index (χ3n) is 4.36. The first kappa shape index (κ1) is 10.4. The maximum atomic E-state index is 5.88. The zero-order chi connectivity index (χ0) is 10.2. The van der Waals surface area contributed by atoms with Gasteiger partial charge in [-0.2, -0.15) is 0 Å². The highest BCUT2D eigenvalue weighted by molar-refractivity contribution is 5.06. The van der Waals surface area contributed by atoms with Crippen LogP contribution in [0.25, 0.3) is 0 Å². The van der Waals surface area contributed by atoms with Crippen molar-refractivity contribution in [1.82, 2.24) is 4.90 Å². The van der Waals surface area contributed by atoms with E-state index in [1.165, 1.54) is 25.9 Å². The highest BCUT2D eigenvalue weighted by atomic mass is 15.2. The minimum absolute atomic E-state index is 0.625. The molecule has 3 nitrogen and oxygen atoms in total. The van der Waals surface area contributed by atoms with Crippen LogP contribution in [-0.4, -0.2) is 37.6 Å². The third kappa shape index (κ3) is 1.58. The molecule has 1 saturated carbocycles. The number of hydrogen-bond acceptors (Lipinski definition) is 3. The van der Waals surface area contributed by atoms with E-state index in [4.69, 9.17) is 11.5 Å². The molecular weight excluding hydrogens is 174 g/mol. The Morgan fingerprint density at radius 2 is 2.00 bits per heavy atom. The lowest BCUT2D eigenvalue weighted by molar-refractivity contribution is 0.0588. The largest absolute Gasteiger partial charge is 0.330 e. The van der Waals surface area contributed by atoms with Gasteiger partial charge in [0.2, 0.25) is 0 Å². The van der Waals surface area contributed by atoms with Crippen molar-refractivity contribution in [3.05, 3.63) is 0 Å². The van der Waals surface area contributed by atoms with E-state index in [0.29, 0.717) is 5.41 Å². The molecule has 1 saturated heterocycles. The van der Waals surface area contributed by atoms with Crippen molar-refractivity contribution in [2.75, 3.05) is 32.7 Å². The first-order valence-corrected chi connectivity index (χ1v) is 5.85. The summed E-state index contributed by atoms with van der Waals surface area (Å²) in [5.41, 5.74) is 12.1. The Morgan fingerprint density at radius 3 is 2.50 bits per heavy atom. The minimum Gasteiger partial charge on any atom is -0.330 e. The second-order valence-corrected chi connectivity index (χ2v) is 5.12. The van der Waals surface area contributed by atoms with Crippen LogP contribution in [0.4, 0.5) is 0 Å². The molecule has 0 radical (unpaired) electrons. The van der Waals surface area contributed by atoms with Gasteiger partial charge in [0, 0.05) is 26.2 Å². The Labute approximate surface area is 86.8 Å². The SMILES string of the molecule is CC1CN(CCN)CC(CN)C12CC2. The van der Waals surface area contributed by atoms with E-state index in [1.54, 1.807) is 0 Å². The number of rotatable bonds is 3. The van der Waals surface area contributed by atoms with Crippen molar-refractivity contribution in [2.24, 2.45) is 28.7 Å². The Morgan fingerprint density at radius 1 is 1.29 bits per heavy atom. The van der Waals surface area contributed by atoms with Gasteiger partial charge >= 0.3 is 0 Å². The molecule has 2 rings (SSSR count). The summed E-state index contributed by atoms with van der Waals surface area (Å²) in [7, 11) is 0. The summed E-state index contributed by atoms with van der Waals surface area (Å²) in [4.78, 5) is 2.49. The fraction of sp³-hybridized carbons (Fsp3) is 1.00. The van der Waals surface area contributed by atoms with E-state index < -0.39 is 0 Å². The maximum absolute atomic E-state index is 5.88. The second kappa shape index (κ2) is 3.80. The number of nitrogens with zero attached hydrogens (tertiary/aromatic N) is 1. The van der Waals surface area contributed by atoms with Crippen LogP contribution in [0.1, 0.15) is 19.8 Å². The molecule has 0 aromatic rings. The monoisotopic (exact) mass is 197 g/mol. The van der Waals surface area contributed by atoms with Crippen LogP contribution >= 0.6 is 0 Å². The summed E-state index contributed by atoms with van der Waals surface area (Å²) in [6.45, 7) is 7.46. The summed E-state index contributed by atoms with van der Waals surface area (Å²) in [6.07, 6.45) is 2.82. The summed E-state index contributed by atoms with van der Waals surface area (Å²) in [5, 5.41) is 0. The average Bonchev–Trinajstić information content (AvgIpc) is 2.93. The van der Waals surface area contributed by atoms with Crippen LogP contribution in [-0.2, 0) is 0 Å². The molecule has 0 amide bonds. The van der Waals surface area contributed by atoms with E-state index in [-0.39, 0.29) is 0 Å². The van der Waals surface area contributed by atoms with Crippen molar-refractivity contribution in [1.29, 1.82) is 0 Å². The molecule has 1 aliphatic carbocycles. The van der Waals surface area contributed by atoms with Crippen molar-refractivity contribution < 1.29 is 0 Å². The third-order valence-corrected chi connectivity index (χ3v) is 4.36. The van der Waals surface area contributed by atoms with Gasteiger partial charge in [0.05, 0.1) is 0 Å². The van der Waals surface area contributed by atoms with Gasteiger partial charge < -0.3 is 16.4 Å². The van der Waals surface area contributed by atoms with Crippen molar-refractivity contribution in [3.8, 4) is 0 Å². The molecule has 14 heavy (non-hydrogen) atoms. The normalized spacial score (nSPS) is 36.2. The summed E-state index contributed by atoms with van der Waals surface area (Å²) < 4.78 is 0. The first-order chi connectivity index (χ1) is 6.73. The predicted molar refractivity (Wildman–Crippen MR) is 58.9 cm³/mol. The molecule has 0 aromatic carbocycles. The van der Waals surface area contributed by atoms with Gasteiger partial charge in [0.1, 0.15) is 0 Å². The highest BCUT2D eigenvalue weighted by Crippen LogP contribution is 2.59. The molecular formula is C11H23N3. The van der Waals surface area contributed by atoms with Crippen LogP contribution in [0.5, 0.6) is 0 Å². The second-order valence-electron chi connectivity index (χ2n) is 5.12. The van der Waals surface area contributed by atoms with Crippen LogP contribution in [0.3, 0.4) is 0 Å². The zero-order valence-corrected chi connectivity index (χ0v) is 9.21. The molecule has 1 heterocycles. The molecule has 4 N–H and O–H groups in total. The number of hydrogen-bond donors (Lipinski definition) is 2. The Kier molecular flexibility index (Phi) is 2.82. The number of piperidine rings is 1. The quantitative estimate of drug-likeness (QED) is 0.682. The number of likely N-dealkylation sites (tertiary alicyclic amines) is 1. The molecule has 2 unspecified atom stereocenters. The Hall–Kier alpha value is -0.120. The molecule has 1 spiro atoms. The van der Waals surface area contributed by atoms with Crippen LogP contribution < -0.4 is 11.5 Å². The fourth-order valence-corrected chi connectivity index (χ4v) is 3.26. The Balaban J connectivity index is 2.00. The van der Waals surface area contributed by atoms with Crippen molar-refractivity contribution in [3.63, 3.8) is 0 Å². The van der Waals surface area contributed by atoms with Gasteiger partial charge in [0.15, 0.2) is 0 Å². The standard InChI is InChI=1S/C11H23N3/c1-9-7-14(5-4-12)8-10(6-13)11(9)2-3-11/h9-10H,2-8,12-13H2,1H3. The summed E-state index contributed by atoms with van der Waals surface area (Å²) in [6, 6.07) is 0. The van der Waals surface area contributed by atoms with Crippen LogP contribution in [0.2, 0.25) is 0 Å². The first-order valence-electron chi connectivity index (χ1n) is 5.85. The molecule has 2 fully saturated rings. The lowest BCUT2D eigenvalue weighted by atomic mass is 9.75. The molecule has 1 aliphatic heterocycles. The summed E-state index contributed by atoms with van der Waals surface area (Å²) in [5.74, 6) is 1.54. The lowest BCUT2D eigenvalue weighted by Gasteiger charge is -2.43. The van der Waals surface area contributed by atoms with Gasteiger partial charge in [0.25, 0.3) is 0 Å². The lowest BCUT2D eigenvalue weighted by Crippen LogP contribution is -2.50. The van der Waals surface area contributed by atoms with E-state index in [9.17, 15) is 0 Å². The minimum atomic E-state index is 0.625. The van der Waals surface area contributed by atoms with E-state index in [1.807, 2.05) is 0 Å². The average molecular weight is 197 g/mol. The molecule has 82 valence electrons. The number of nitrogens with two attached hydrogens (primary N) is 2. The van der Waals surface area contributed by atoms with E-state index in [2.05, 4.69) is 11.8 Å². The molecule has 2 atom stereocenters. The van der Waals surface area contributed by atoms with Gasteiger partial charge in [-0.3, -0.25) is 0 Å². The van der Waals surface area contributed by atoms with Crippen molar-refractivity contribution in [2.45, 2.75) is 19.8 Å². The molecule has 0 bridgehead atoms. The van der Waals surface area contributed by atoms with Gasteiger partial charge in [-0.05, 0) is 36.6 Å². The van der Waals surface area contributed by atoms with Gasteiger partial charge in [-0.1, -0.05) is 6.92 Å². The Bertz CT molecular complexity index is 201. The topological polar surface area (TPSA) is 55.3 Å². The van der Waals surface area contributed by atoms with Crippen LogP contribution in [0, 0.1) is 17.3 Å². The molecule has 3 heteroatoms. The smallest absolute Gasteiger partial charge is 0.0105 e. The van der Waals surface area contributed by atoms with E-state index >= 15 is 0 Å². The van der Waals surface area contributed by atoms with Crippen LogP contribution in [0.15, 0.2) is 0 Å². The molecule has 0 aromatic heterocycles.